The summed E-state index contributed by atoms with van der Waals surface area (Å²) in [7, 11) is 9.07. The highest BCUT2D eigenvalue weighted by atomic mass is 127. The van der Waals surface area contributed by atoms with Gasteiger partial charge in [0.15, 0.2) is 6.20 Å². The van der Waals surface area contributed by atoms with E-state index in [1.165, 1.54) is 32.1 Å². The van der Waals surface area contributed by atoms with Crippen LogP contribution in [0.2, 0.25) is 0 Å². The third kappa shape index (κ3) is 5.49. The van der Waals surface area contributed by atoms with Crippen molar-refractivity contribution in [3.63, 3.8) is 0 Å². The molecule has 2 aromatic carbocycles. The number of likely N-dealkylation sites (N-methyl/N-ethyl adjacent to an activating group) is 1. The molecule has 30 heavy (non-hydrogen) atoms. The highest BCUT2D eigenvalue weighted by Crippen LogP contribution is 2.45. The van der Waals surface area contributed by atoms with Crippen LogP contribution in [-0.2, 0) is 6.42 Å². The van der Waals surface area contributed by atoms with E-state index in [0.29, 0.717) is 6.04 Å². The van der Waals surface area contributed by atoms with Crippen molar-refractivity contribution < 1.29 is 57.4 Å². The molecule has 0 saturated carbocycles. The molecule has 0 saturated heterocycles. The van der Waals surface area contributed by atoms with Gasteiger partial charge in [-0.15, -0.1) is 0 Å². The molecule has 0 fully saturated rings. The van der Waals surface area contributed by atoms with Gasteiger partial charge in [-0.25, -0.2) is 4.98 Å². The van der Waals surface area contributed by atoms with Gasteiger partial charge in [0.2, 0.25) is 5.52 Å². The summed E-state index contributed by atoms with van der Waals surface area (Å²) in [5.74, 6) is 0. The zero-order valence-electron chi connectivity index (χ0n) is 17.9. The predicted octanol–water partition coefficient (Wildman–Crippen LogP) is -1.25. The quantitative estimate of drug-likeness (QED) is 0.255. The Balaban J connectivity index is 0.00000160. The topological polar surface area (TPSA) is 17.4 Å². The van der Waals surface area contributed by atoms with Gasteiger partial charge in [0.1, 0.15) is 6.04 Å². The van der Waals surface area contributed by atoms with Gasteiger partial charge in [0.25, 0.3) is 0 Å². The molecule has 4 rings (SSSR count). The normalized spacial score (nSPS) is 15.5. The molecule has 0 amide bonds. The first-order valence-corrected chi connectivity index (χ1v) is 10.7. The van der Waals surface area contributed by atoms with E-state index in [-0.39, 0.29) is 48.0 Å². The maximum absolute atomic E-state index is 3.36. The Hall–Kier alpha value is -0.840. The average Bonchev–Trinajstić information content (AvgIpc) is 3.00. The van der Waals surface area contributed by atoms with Crippen molar-refractivity contribution in [2.75, 3.05) is 33.1 Å². The van der Waals surface area contributed by atoms with Crippen LogP contribution in [0.3, 0.4) is 0 Å². The van der Waals surface area contributed by atoms with Gasteiger partial charge in [0.05, 0.1) is 31.9 Å². The summed E-state index contributed by atoms with van der Waals surface area (Å²) in [6.45, 7) is 0. The number of H-pyrrole nitrogens is 1. The smallest absolute Gasteiger partial charge is 0.211 e. The molecule has 2 heterocycles. The van der Waals surface area contributed by atoms with Gasteiger partial charge in [-0.3, -0.25) is 0 Å². The number of benzene rings is 2. The molecular weight excluding hydrogens is 616 g/mol. The van der Waals surface area contributed by atoms with E-state index in [1.807, 2.05) is 11.8 Å². The van der Waals surface area contributed by atoms with E-state index in [2.05, 4.69) is 105 Å². The summed E-state index contributed by atoms with van der Waals surface area (Å²) in [6, 6.07) is 19.9. The summed E-state index contributed by atoms with van der Waals surface area (Å²) in [5, 5.41) is 2.67. The molecule has 3 nitrogen and oxygen atoms in total. The minimum absolute atomic E-state index is 0. The maximum atomic E-state index is 3.36. The monoisotopic (exact) mass is 645 g/mol. The molecule has 1 aliphatic heterocycles. The number of nitrogens with one attached hydrogen (secondary N) is 1. The lowest BCUT2D eigenvalue weighted by Gasteiger charge is -2.33. The number of hydrogen-bond donors (Lipinski definition) is 0. The Morgan fingerprint density at radius 2 is 1.70 bits per heavy atom. The molecule has 160 valence electrons. The SMILES string of the molecule is CN1C(=CC(CCc2cc[nH+]c3ccccc23)[N+](C)(C)C)Sc2ccccc21.[I-].[I-]. The Morgan fingerprint density at radius 1 is 1.00 bits per heavy atom. The van der Waals surface area contributed by atoms with Gasteiger partial charge in [-0.2, -0.15) is 0 Å². The second kappa shape index (κ2) is 10.7. The van der Waals surface area contributed by atoms with Crippen molar-refractivity contribution in [2.24, 2.45) is 0 Å². The molecule has 1 atom stereocenters. The van der Waals surface area contributed by atoms with Crippen LogP contribution in [0.25, 0.3) is 10.9 Å². The number of rotatable bonds is 5. The minimum Gasteiger partial charge on any atom is -1.00 e. The summed E-state index contributed by atoms with van der Waals surface area (Å²) in [6.07, 6.45) is 6.72. The van der Waals surface area contributed by atoms with Crippen LogP contribution in [0.15, 0.2) is 76.8 Å². The fourth-order valence-corrected chi connectivity index (χ4v) is 5.00. The van der Waals surface area contributed by atoms with E-state index in [9.17, 15) is 0 Å². The molecule has 0 bridgehead atoms. The number of quaternary nitrogens is 1. The Bertz CT molecular complexity index is 1020. The Kier molecular flexibility index (Phi) is 9.03. The summed E-state index contributed by atoms with van der Waals surface area (Å²) < 4.78 is 0.922. The van der Waals surface area contributed by atoms with Crippen LogP contribution in [0.5, 0.6) is 0 Å². The van der Waals surface area contributed by atoms with Crippen molar-refractivity contribution in [1.29, 1.82) is 0 Å². The molecule has 1 aliphatic rings. The molecule has 0 aliphatic carbocycles. The standard InChI is InChI=1S/C24H28N3S.2HI/c1-26-22-11-7-8-12-23(22)28-24(26)17-19(27(2,3)4)14-13-18-15-16-25-21-10-6-5-9-20(18)21;;/h5-12,15-17,19H,13-14H2,1-4H3;2*1H/q+1;;/p-1. The van der Waals surface area contributed by atoms with Crippen LogP contribution in [0.4, 0.5) is 5.69 Å². The molecule has 1 aromatic heterocycles. The van der Waals surface area contributed by atoms with E-state index >= 15 is 0 Å². The summed E-state index contributed by atoms with van der Waals surface area (Å²) in [5.41, 5.74) is 3.94. The van der Waals surface area contributed by atoms with Crippen molar-refractivity contribution in [3.05, 3.63) is 77.5 Å². The first-order valence-electron chi connectivity index (χ1n) is 9.85. The third-order valence-electron chi connectivity index (χ3n) is 5.61. The van der Waals surface area contributed by atoms with Gasteiger partial charge < -0.3 is 57.3 Å². The number of hydrogen-bond acceptors (Lipinski definition) is 2. The Morgan fingerprint density at radius 3 is 2.43 bits per heavy atom. The second-order valence-corrected chi connectivity index (χ2v) is 9.47. The van der Waals surface area contributed by atoms with Crippen molar-refractivity contribution >= 4 is 28.4 Å². The number of aromatic amines is 1. The van der Waals surface area contributed by atoms with Crippen LogP contribution < -0.4 is 57.8 Å². The highest BCUT2D eigenvalue weighted by molar-refractivity contribution is 8.03. The number of thioether (sulfide) groups is 1. The van der Waals surface area contributed by atoms with Crippen molar-refractivity contribution in [1.82, 2.24) is 0 Å². The predicted molar refractivity (Wildman–Crippen MR) is 119 cm³/mol. The van der Waals surface area contributed by atoms with Gasteiger partial charge in [-0.1, -0.05) is 36.0 Å². The Labute approximate surface area is 218 Å². The first kappa shape index (κ1) is 25.4. The molecule has 0 spiro atoms. The average molecular weight is 645 g/mol. The van der Waals surface area contributed by atoms with E-state index in [0.717, 1.165) is 17.3 Å². The largest absolute Gasteiger partial charge is 1.00 e. The van der Waals surface area contributed by atoms with E-state index < -0.39 is 0 Å². The molecule has 3 aromatic rings. The number of fused-ring (bicyclic) bond motifs is 2. The summed E-state index contributed by atoms with van der Waals surface area (Å²) >= 11 is 1.88. The van der Waals surface area contributed by atoms with Gasteiger partial charge in [-0.05, 0) is 30.2 Å². The molecular formula is C24H29I2N3S. The number of pyridine rings is 1. The molecule has 0 radical (unpaired) electrons. The van der Waals surface area contributed by atoms with Crippen LogP contribution in [-0.4, -0.2) is 38.7 Å². The first-order chi connectivity index (χ1) is 13.4. The lowest BCUT2D eigenvalue weighted by Crippen LogP contribution is -3.00. The van der Waals surface area contributed by atoms with E-state index in [4.69, 9.17) is 0 Å². The zero-order valence-corrected chi connectivity index (χ0v) is 23.0. The summed E-state index contributed by atoms with van der Waals surface area (Å²) in [4.78, 5) is 7.03. The second-order valence-electron chi connectivity index (χ2n) is 8.40. The lowest BCUT2D eigenvalue weighted by molar-refractivity contribution is -0.889. The van der Waals surface area contributed by atoms with Crippen LogP contribution in [0, 0.1) is 0 Å². The number of halogens is 2. The molecule has 1 N–H and O–H groups in total. The number of aromatic nitrogens is 1. The number of para-hydroxylation sites is 2. The lowest BCUT2D eigenvalue weighted by atomic mass is 10.00. The minimum atomic E-state index is 0. The maximum Gasteiger partial charge on any atom is 0.211 e. The number of nitrogens with zero attached hydrogens (tertiary/aromatic N) is 2. The molecule has 1 unspecified atom stereocenters. The fourth-order valence-electron chi connectivity index (χ4n) is 3.86. The number of anilines is 1. The fraction of sp³-hybridized carbons (Fsp3) is 0.292. The van der Waals surface area contributed by atoms with E-state index in [1.54, 1.807) is 0 Å². The molecule has 6 heteroatoms. The van der Waals surface area contributed by atoms with Gasteiger partial charge >= 0.3 is 0 Å². The van der Waals surface area contributed by atoms with Gasteiger partial charge in [0, 0.05) is 42.0 Å². The van der Waals surface area contributed by atoms with Crippen LogP contribution >= 0.6 is 11.8 Å². The highest BCUT2D eigenvalue weighted by Gasteiger charge is 2.27. The third-order valence-corrected chi connectivity index (χ3v) is 6.79. The van der Waals surface area contributed by atoms with Crippen molar-refractivity contribution in [3.8, 4) is 0 Å². The van der Waals surface area contributed by atoms with Crippen molar-refractivity contribution in [2.45, 2.75) is 23.8 Å². The zero-order chi connectivity index (χ0) is 19.7. The van der Waals surface area contributed by atoms with Crippen LogP contribution in [0.1, 0.15) is 12.0 Å². The number of aryl methyl sites for hydroxylation is 1.